The molecule has 0 aromatic heterocycles. The van der Waals surface area contributed by atoms with E-state index in [1.165, 1.54) is 4.90 Å². The molecule has 16 heavy (non-hydrogen) atoms. The third-order valence-electron chi connectivity index (χ3n) is 2.52. The van der Waals surface area contributed by atoms with E-state index in [2.05, 4.69) is 13.8 Å². The molecule has 92 valence electrons. The molecule has 0 saturated carbocycles. The molecule has 0 aromatic carbocycles. The van der Waals surface area contributed by atoms with Gasteiger partial charge in [-0.15, -0.1) is 0 Å². The molecule has 1 rings (SSSR count). The molecule has 0 N–H and O–H groups in total. The molecule has 0 spiro atoms. The average Bonchev–Trinajstić information content (AvgIpc) is 2.06. The Kier molecular flexibility index (Phi) is 3.31. The van der Waals surface area contributed by atoms with Crippen molar-refractivity contribution >= 4 is 12.0 Å². The number of hydrogen-bond donors (Lipinski definition) is 0. The van der Waals surface area contributed by atoms with Gasteiger partial charge in [0.05, 0.1) is 0 Å². The second-order valence-corrected chi connectivity index (χ2v) is 6.12. The van der Waals surface area contributed by atoms with Gasteiger partial charge in [-0.25, -0.2) is 9.69 Å². The number of imide groups is 1. The van der Waals surface area contributed by atoms with Gasteiger partial charge in [0.1, 0.15) is 5.60 Å². The van der Waals surface area contributed by atoms with Gasteiger partial charge >= 0.3 is 6.09 Å². The smallest absolute Gasteiger partial charge is 0.417 e. The van der Waals surface area contributed by atoms with Crippen LogP contribution in [0.2, 0.25) is 0 Å². The van der Waals surface area contributed by atoms with E-state index in [9.17, 15) is 9.59 Å². The lowest BCUT2D eigenvalue weighted by atomic mass is 9.84. The summed E-state index contributed by atoms with van der Waals surface area (Å²) in [6, 6.07) is 0. The minimum absolute atomic E-state index is 0.00911. The summed E-state index contributed by atoms with van der Waals surface area (Å²) >= 11 is 0. The molecule has 1 fully saturated rings. The first-order chi connectivity index (χ1) is 7.11. The van der Waals surface area contributed by atoms with Crippen LogP contribution < -0.4 is 0 Å². The van der Waals surface area contributed by atoms with Crippen LogP contribution in [0.3, 0.4) is 0 Å². The molecule has 2 amide bonds. The minimum atomic E-state index is -0.557. The predicted octanol–water partition coefficient (Wildman–Crippen LogP) is 2.57. The van der Waals surface area contributed by atoms with Crippen LogP contribution in [0.5, 0.6) is 0 Å². The summed E-state index contributed by atoms with van der Waals surface area (Å²) in [5.41, 5.74) is -0.566. The number of amides is 2. The summed E-state index contributed by atoms with van der Waals surface area (Å²) in [5.74, 6) is -0.131. The van der Waals surface area contributed by atoms with Crippen LogP contribution in [-0.4, -0.2) is 29.0 Å². The summed E-state index contributed by atoms with van der Waals surface area (Å²) in [5, 5.41) is 0. The van der Waals surface area contributed by atoms with E-state index < -0.39 is 11.7 Å². The molecular formula is C12H21NO3. The molecule has 0 radical (unpaired) electrons. The van der Waals surface area contributed by atoms with Gasteiger partial charge in [-0.1, -0.05) is 13.8 Å². The van der Waals surface area contributed by atoms with Gasteiger partial charge in [-0.05, 0) is 32.6 Å². The Morgan fingerprint density at radius 2 is 1.94 bits per heavy atom. The molecule has 0 aliphatic carbocycles. The molecule has 1 aliphatic heterocycles. The molecule has 1 aliphatic rings. The summed E-state index contributed by atoms with van der Waals surface area (Å²) in [6.07, 6.45) is 0.725. The number of rotatable bonds is 0. The number of hydrogen-bond acceptors (Lipinski definition) is 3. The first-order valence-corrected chi connectivity index (χ1v) is 5.64. The molecule has 0 bridgehead atoms. The number of carbonyl (C=O) groups is 2. The van der Waals surface area contributed by atoms with Crippen molar-refractivity contribution in [1.82, 2.24) is 4.90 Å². The van der Waals surface area contributed by atoms with E-state index in [0.717, 1.165) is 6.42 Å². The second-order valence-electron chi connectivity index (χ2n) is 6.12. The highest BCUT2D eigenvalue weighted by Gasteiger charge is 2.36. The Balaban J connectivity index is 2.71. The quantitative estimate of drug-likeness (QED) is 0.639. The highest BCUT2D eigenvalue weighted by Crippen LogP contribution is 2.29. The molecule has 4 nitrogen and oxygen atoms in total. The van der Waals surface area contributed by atoms with Crippen molar-refractivity contribution in [3.8, 4) is 0 Å². The number of likely N-dealkylation sites (tertiary alicyclic amines) is 1. The second kappa shape index (κ2) is 4.07. The zero-order valence-corrected chi connectivity index (χ0v) is 10.8. The first kappa shape index (κ1) is 13.0. The van der Waals surface area contributed by atoms with Crippen molar-refractivity contribution in [3.63, 3.8) is 0 Å². The van der Waals surface area contributed by atoms with E-state index in [0.29, 0.717) is 13.0 Å². The highest BCUT2D eigenvalue weighted by molar-refractivity contribution is 5.92. The Hall–Kier alpha value is -1.06. The van der Waals surface area contributed by atoms with Gasteiger partial charge in [0.15, 0.2) is 0 Å². The van der Waals surface area contributed by atoms with Crippen molar-refractivity contribution in [3.05, 3.63) is 0 Å². The summed E-state index contributed by atoms with van der Waals surface area (Å²) < 4.78 is 5.21. The van der Waals surface area contributed by atoms with E-state index in [1.54, 1.807) is 20.8 Å². The topological polar surface area (TPSA) is 46.6 Å². The Morgan fingerprint density at radius 1 is 1.38 bits per heavy atom. The largest absolute Gasteiger partial charge is 0.443 e. The zero-order chi connectivity index (χ0) is 12.6. The lowest BCUT2D eigenvalue weighted by Gasteiger charge is -2.37. The van der Waals surface area contributed by atoms with Crippen LogP contribution in [0.25, 0.3) is 0 Å². The molecule has 0 unspecified atom stereocenters. The first-order valence-electron chi connectivity index (χ1n) is 5.64. The van der Waals surface area contributed by atoms with E-state index >= 15 is 0 Å². The van der Waals surface area contributed by atoms with Crippen LogP contribution >= 0.6 is 0 Å². The average molecular weight is 227 g/mol. The van der Waals surface area contributed by atoms with Gasteiger partial charge in [0.25, 0.3) is 0 Å². The third kappa shape index (κ3) is 3.51. The Morgan fingerprint density at radius 3 is 2.44 bits per heavy atom. The summed E-state index contributed by atoms with van der Waals surface area (Å²) in [4.78, 5) is 24.7. The summed E-state index contributed by atoms with van der Waals surface area (Å²) in [6.45, 7) is 9.94. The number of nitrogens with zero attached hydrogens (tertiary/aromatic N) is 1. The summed E-state index contributed by atoms with van der Waals surface area (Å²) in [7, 11) is 0. The normalized spacial score (nSPS) is 20.8. The van der Waals surface area contributed by atoms with E-state index in [-0.39, 0.29) is 11.3 Å². The lowest BCUT2D eigenvalue weighted by Crippen LogP contribution is -2.48. The van der Waals surface area contributed by atoms with Crippen molar-refractivity contribution in [2.24, 2.45) is 5.41 Å². The number of carbonyl (C=O) groups excluding carboxylic acids is 2. The van der Waals surface area contributed by atoms with Crippen molar-refractivity contribution < 1.29 is 14.3 Å². The van der Waals surface area contributed by atoms with Crippen molar-refractivity contribution in [2.75, 3.05) is 6.54 Å². The zero-order valence-electron chi connectivity index (χ0n) is 10.8. The van der Waals surface area contributed by atoms with Crippen LogP contribution in [0, 0.1) is 5.41 Å². The van der Waals surface area contributed by atoms with Gasteiger partial charge in [0.2, 0.25) is 5.91 Å². The van der Waals surface area contributed by atoms with Crippen LogP contribution in [-0.2, 0) is 9.53 Å². The van der Waals surface area contributed by atoms with Crippen LogP contribution in [0.4, 0.5) is 4.79 Å². The molecule has 0 atom stereocenters. The van der Waals surface area contributed by atoms with Crippen LogP contribution in [0.1, 0.15) is 47.5 Å². The highest BCUT2D eigenvalue weighted by atomic mass is 16.6. The Labute approximate surface area is 96.9 Å². The molecule has 4 heteroatoms. The SMILES string of the molecule is CC1(C)CCC(=O)N(C(=O)OC(C)(C)C)C1. The molecule has 0 aromatic rings. The molecule has 1 heterocycles. The van der Waals surface area contributed by atoms with Crippen LogP contribution in [0.15, 0.2) is 0 Å². The van der Waals surface area contributed by atoms with Gasteiger partial charge < -0.3 is 4.74 Å². The number of piperidine rings is 1. The standard InChI is InChI=1S/C12H21NO3/c1-11(2,3)16-10(15)13-8-12(4,5)7-6-9(13)14/h6-8H2,1-5H3. The van der Waals surface area contributed by atoms with Crippen molar-refractivity contribution in [1.29, 1.82) is 0 Å². The van der Waals surface area contributed by atoms with Crippen molar-refractivity contribution in [2.45, 2.75) is 53.1 Å². The van der Waals surface area contributed by atoms with E-state index in [1.807, 2.05) is 0 Å². The molecular weight excluding hydrogens is 206 g/mol. The van der Waals surface area contributed by atoms with Gasteiger partial charge in [-0.2, -0.15) is 0 Å². The lowest BCUT2D eigenvalue weighted by molar-refractivity contribution is -0.135. The maximum absolute atomic E-state index is 11.8. The maximum Gasteiger partial charge on any atom is 0.417 e. The van der Waals surface area contributed by atoms with Gasteiger partial charge in [-0.3, -0.25) is 4.79 Å². The maximum atomic E-state index is 11.8. The fraction of sp³-hybridized carbons (Fsp3) is 0.833. The van der Waals surface area contributed by atoms with Gasteiger partial charge in [0, 0.05) is 13.0 Å². The predicted molar refractivity (Wildman–Crippen MR) is 61.0 cm³/mol. The fourth-order valence-corrected chi connectivity index (χ4v) is 1.66. The van der Waals surface area contributed by atoms with E-state index in [4.69, 9.17) is 4.74 Å². The third-order valence-corrected chi connectivity index (χ3v) is 2.52. The monoisotopic (exact) mass is 227 g/mol. The fourth-order valence-electron chi connectivity index (χ4n) is 1.66. The molecule has 1 saturated heterocycles. The Bertz CT molecular complexity index is 302. The minimum Gasteiger partial charge on any atom is -0.443 e. The number of ether oxygens (including phenoxy) is 1.